The molecule has 1 saturated heterocycles. The third kappa shape index (κ3) is 5.26. The number of anilines is 1. The Hall–Kier alpha value is -2.56. The molecule has 3 atom stereocenters. The molecule has 36 heavy (non-hydrogen) atoms. The maximum atomic E-state index is 14.4. The maximum Gasteiger partial charge on any atom is 0.283 e. The van der Waals surface area contributed by atoms with Crippen molar-refractivity contribution in [2.24, 2.45) is 0 Å². The highest BCUT2D eigenvalue weighted by Gasteiger charge is 2.41. The lowest BCUT2D eigenvalue weighted by molar-refractivity contribution is -0.0865. The van der Waals surface area contributed by atoms with E-state index >= 15 is 0 Å². The van der Waals surface area contributed by atoms with Crippen LogP contribution in [-0.4, -0.2) is 84.1 Å². The number of alkyl halides is 3. The molecular formula is C26H33F3N4O3. The smallest absolute Gasteiger partial charge is 0.283 e. The number of rotatable bonds is 9. The summed E-state index contributed by atoms with van der Waals surface area (Å²) in [5.41, 5.74) is 3.39. The van der Waals surface area contributed by atoms with Crippen molar-refractivity contribution < 1.29 is 27.8 Å². The average molecular weight is 507 g/mol. The first kappa shape index (κ1) is 25.1. The van der Waals surface area contributed by atoms with Gasteiger partial charge in [-0.1, -0.05) is 0 Å². The van der Waals surface area contributed by atoms with E-state index in [1.807, 2.05) is 31.2 Å². The zero-order valence-corrected chi connectivity index (χ0v) is 20.4. The number of pyridine rings is 1. The Kier molecular flexibility index (Phi) is 7.28. The number of aliphatic hydroxyl groups excluding tert-OH is 1. The number of fused-ring (bicyclic) bond motifs is 2. The molecule has 196 valence electrons. The summed E-state index contributed by atoms with van der Waals surface area (Å²) in [6, 6.07) is 7.15. The van der Waals surface area contributed by atoms with E-state index in [0.29, 0.717) is 30.0 Å². The fourth-order valence-electron chi connectivity index (χ4n) is 5.52. The van der Waals surface area contributed by atoms with Crippen LogP contribution in [0.1, 0.15) is 42.6 Å². The van der Waals surface area contributed by atoms with Crippen LogP contribution in [0.15, 0.2) is 30.5 Å². The Morgan fingerprint density at radius 3 is 2.75 bits per heavy atom. The molecule has 0 radical (unpaired) electrons. The summed E-state index contributed by atoms with van der Waals surface area (Å²) >= 11 is 0. The lowest BCUT2D eigenvalue weighted by Crippen LogP contribution is -2.49. The lowest BCUT2D eigenvalue weighted by atomic mass is 9.86. The van der Waals surface area contributed by atoms with Crippen LogP contribution >= 0.6 is 0 Å². The fraction of sp³-hybridized carbons (Fsp3) is 0.577. The van der Waals surface area contributed by atoms with E-state index in [0.717, 1.165) is 42.9 Å². The van der Waals surface area contributed by atoms with Gasteiger partial charge in [0.05, 0.1) is 36.8 Å². The number of nitrogens with one attached hydrogen (secondary N) is 1. The Bertz CT molecular complexity index is 1060. The molecule has 1 aromatic carbocycles. The second-order valence-electron chi connectivity index (χ2n) is 9.99. The predicted octanol–water partition coefficient (Wildman–Crippen LogP) is 3.62. The minimum absolute atomic E-state index is 0.135. The monoisotopic (exact) mass is 506 g/mol. The molecule has 3 aliphatic heterocycles. The van der Waals surface area contributed by atoms with Gasteiger partial charge in [-0.15, -0.1) is 0 Å². The number of halogens is 3. The molecule has 10 heteroatoms. The van der Waals surface area contributed by atoms with Crippen LogP contribution in [0.4, 0.5) is 18.9 Å². The summed E-state index contributed by atoms with van der Waals surface area (Å²) in [5, 5.41) is 12.8. The summed E-state index contributed by atoms with van der Waals surface area (Å²) in [6.45, 7) is 2.51. The SMILES string of the molecule is C[C@@H]1Cc2cc3c(cc2[C@@H](c2ccc(NC4CCN(CCCF)C4)cn2)N1CC(F)(F)CO)OCO3. The van der Waals surface area contributed by atoms with Crippen LogP contribution in [0.2, 0.25) is 0 Å². The Balaban J connectivity index is 1.40. The van der Waals surface area contributed by atoms with Gasteiger partial charge >= 0.3 is 0 Å². The summed E-state index contributed by atoms with van der Waals surface area (Å²) in [4.78, 5) is 8.67. The molecule has 4 heterocycles. The molecule has 0 bridgehead atoms. The van der Waals surface area contributed by atoms with Crippen molar-refractivity contribution in [1.29, 1.82) is 0 Å². The molecule has 0 spiro atoms. The van der Waals surface area contributed by atoms with Gasteiger partial charge < -0.3 is 24.8 Å². The molecule has 0 aliphatic carbocycles. The number of benzene rings is 1. The Morgan fingerprint density at radius 2 is 2.03 bits per heavy atom. The maximum absolute atomic E-state index is 14.4. The van der Waals surface area contributed by atoms with Gasteiger partial charge in [0.25, 0.3) is 5.92 Å². The van der Waals surface area contributed by atoms with Gasteiger partial charge in [-0.3, -0.25) is 14.3 Å². The van der Waals surface area contributed by atoms with Gasteiger partial charge in [-0.25, -0.2) is 8.78 Å². The number of aromatic nitrogens is 1. The lowest BCUT2D eigenvalue weighted by Gasteiger charge is -2.43. The van der Waals surface area contributed by atoms with Gasteiger partial charge in [-0.2, -0.15) is 0 Å². The van der Waals surface area contributed by atoms with Gasteiger partial charge in [0.2, 0.25) is 6.79 Å². The van der Waals surface area contributed by atoms with Crippen molar-refractivity contribution in [3.8, 4) is 11.5 Å². The summed E-state index contributed by atoms with van der Waals surface area (Å²) in [6.07, 6.45) is 3.84. The van der Waals surface area contributed by atoms with Crippen molar-refractivity contribution in [2.45, 2.75) is 50.2 Å². The predicted molar refractivity (Wildman–Crippen MR) is 130 cm³/mol. The van der Waals surface area contributed by atoms with E-state index in [4.69, 9.17) is 14.5 Å². The van der Waals surface area contributed by atoms with E-state index in [2.05, 4.69) is 10.2 Å². The van der Waals surface area contributed by atoms with Crippen molar-refractivity contribution in [2.75, 3.05) is 51.6 Å². The zero-order valence-electron chi connectivity index (χ0n) is 20.4. The van der Waals surface area contributed by atoms with Gasteiger partial charge in [0.15, 0.2) is 11.5 Å². The molecule has 1 unspecified atom stereocenters. The van der Waals surface area contributed by atoms with Crippen LogP contribution < -0.4 is 14.8 Å². The third-order valence-electron chi connectivity index (χ3n) is 7.31. The van der Waals surface area contributed by atoms with Crippen molar-refractivity contribution in [3.63, 3.8) is 0 Å². The topological polar surface area (TPSA) is 70.1 Å². The van der Waals surface area contributed by atoms with E-state index < -0.39 is 25.1 Å². The van der Waals surface area contributed by atoms with Crippen LogP contribution in [-0.2, 0) is 6.42 Å². The highest BCUT2D eigenvalue weighted by atomic mass is 19.3. The number of aliphatic hydroxyl groups is 1. The summed E-state index contributed by atoms with van der Waals surface area (Å²) in [5.74, 6) is -1.98. The van der Waals surface area contributed by atoms with Gasteiger partial charge in [0, 0.05) is 31.7 Å². The minimum Gasteiger partial charge on any atom is -0.454 e. The van der Waals surface area contributed by atoms with Crippen molar-refractivity contribution in [1.82, 2.24) is 14.8 Å². The molecule has 1 aromatic heterocycles. The van der Waals surface area contributed by atoms with Gasteiger partial charge in [0.1, 0.15) is 6.61 Å². The van der Waals surface area contributed by atoms with Crippen LogP contribution in [0.25, 0.3) is 0 Å². The molecule has 2 N–H and O–H groups in total. The molecule has 0 saturated carbocycles. The third-order valence-corrected chi connectivity index (χ3v) is 7.31. The highest BCUT2D eigenvalue weighted by Crippen LogP contribution is 2.44. The summed E-state index contributed by atoms with van der Waals surface area (Å²) < 4.78 is 52.4. The minimum atomic E-state index is -3.24. The number of likely N-dealkylation sites (tertiary alicyclic amines) is 1. The standard InChI is InChI=1S/C26H33F3N4O3/c1-17-9-18-10-23-24(36-16-35-23)11-21(18)25(33(17)14-26(28,29)15-34)22-4-3-19(12-30-22)31-20-5-8-32(13-20)7-2-6-27/h3-4,10-12,17,20,25,31,34H,2,5-9,13-16H2,1H3/t17-,20?,25+/m1/s1. The second kappa shape index (κ2) is 10.4. The highest BCUT2D eigenvalue weighted by molar-refractivity contribution is 5.53. The van der Waals surface area contributed by atoms with E-state index in [9.17, 15) is 18.3 Å². The van der Waals surface area contributed by atoms with Crippen LogP contribution in [0, 0.1) is 0 Å². The quantitative estimate of drug-likeness (QED) is 0.539. The van der Waals surface area contributed by atoms with Crippen molar-refractivity contribution >= 4 is 5.69 Å². The number of hydrogen-bond donors (Lipinski definition) is 2. The van der Waals surface area contributed by atoms with Gasteiger partial charge in [-0.05, 0) is 61.6 Å². The van der Waals surface area contributed by atoms with Crippen LogP contribution in [0.3, 0.4) is 0 Å². The number of ether oxygens (including phenoxy) is 2. The molecule has 7 nitrogen and oxygen atoms in total. The average Bonchev–Trinajstić information content (AvgIpc) is 3.51. The first-order chi connectivity index (χ1) is 17.4. The first-order valence-corrected chi connectivity index (χ1v) is 12.5. The molecule has 3 aliphatic rings. The molecule has 5 rings (SSSR count). The summed E-state index contributed by atoms with van der Waals surface area (Å²) in [7, 11) is 0. The largest absolute Gasteiger partial charge is 0.454 e. The Morgan fingerprint density at radius 1 is 1.22 bits per heavy atom. The zero-order chi connectivity index (χ0) is 25.3. The second-order valence-corrected chi connectivity index (χ2v) is 9.99. The molecule has 1 fully saturated rings. The fourth-order valence-corrected chi connectivity index (χ4v) is 5.52. The normalized spacial score (nSPS) is 24.2. The van der Waals surface area contributed by atoms with E-state index in [1.165, 1.54) is 0 Å². The molecule has 2 aromatic rings. The van der Waals surface area contributed by atoms with Crippen molar-refractivity contribution in [3.05, 3.63) is 47.3 Å². The number of nitrogens with zero attached hydrogens (tertiary/aromatic N) is 3. The molecule has 0 amide bonds. The van der Waals surface area contributed by atoms with E-state index in [-0.39, 0.29) is 25.6 Å². The van der Waals surface area contributed by atoms with E-state index in [1.54, 1.807) is 11.1 Å². The van der Waals surface area contributed by atoms with Crippen LogP contribution in [0.5, 0.6) is 11.5 Å². The molecular weight excluding hydrogens is 473 g/mol. The number of hydrogen-bond acceptors (Lipinski definition) is 7. The first-order valence-electron chi connectivity index (χ1n) is 12.5. The Labute approximate surface area is 209 Å².